The van der Waals surface area contributed by atoms with Crippen LogP contribution in [0.15, 0.2) is 34.8 Å². The van der Waals surface area contributed by atoms with E-state index in [1.54, 1.807) is 22.8 Å². The van der Waals surface area contributed by atoms with Crippen LogP contribution in [0.25, 0.3) is 16.2 Å². The van der Waals surface area contributed by atoms with Crippen molar-refractivity contribution in [1.82, 2.24) is 14.6 Å². The van der Waals surface area contributed by atoms with Crippen molar-refractivity contribution in [1.29, 1.82) is 0 Å². The summed E-state index contributed by atoms with van der Waals surface area (Å²) in [5, 5.41) is 4.29. The minimum absolute atomic E-state index is 0.274. The van der Waals surface area contributed by atoms with Gasteiger partial charge in [0.1, 0.15) is 5.82 Å². The molecule has 2 aromatic heterocycles. The van der Waals surface area contributed by atoms with Gasteiger partial charge < -0.3 is 0 Å². The topological polar surface area (TPSA) is 47.3 Å². The fourth-order valence-corrected chi connectivity index (χ4v) is 4.85. The monoisotopic (exact) mass is 421 g/mol. The Morgan fingerprint density at radius 3 is 2.75 bits per heavy atom. The lowest BCUT2D eigenvalue weighted by Crippen LogP contribution is -1.98. The van der Waals surface area contributed by atoms with Gasteiger partial charge in [-0.05, 0) is 24.3 Å². The zero-order valence-electron chi connectivity index (χ0n) is 10.1. The first kappa shape index (κ1) is 14.1. The van der Waals surface area contributed by atoms with Gasteiger partial charge in [-0.1, -0.05) is 33.9 Å². The summed E-state index contributed by atoms with van der Waals surface area (Å²) in [6, 6.07) is 6.15. The van der Waals surface area contributed by atoms with Gasteiger partial charge >= 0.3 is 0 Å². The van der Waals surface area contributed by atoms with Gasteiger partial charge in [0.15, 0.2) is 0 Å². The minimum atomic E-state index is -1.06. The van der Waals surface area contributed by atoms with Crippen LogP contribution in [0, 0.1) is 5.82 Å². The van der Waals surface area contributed by atoms with E-state index in [2.05, 4.69) is 32.7 Å². The van der Waals surface area contributed by atoms with Gasteiger partial charge in [0.05, 0.1) is 22.7 Å². The van der Waals surface area contributed by atoms with Crippen molar-refractivity contribution in [3.8, 4) is 11.3 Å². The number of rotatable bonds is 4. The third-order valence-electron chi connectivity index (χ3n) is 2.62. The molecule has 0 aliphatic heterocycles. The van der Waals surface area contributed by atoms with Gasteiger partial charge in [0, 0.05) is 15.7 Å². The Morgan fingerprint density at radius 1 is 1.35 bits per heavy atom. The molecule has 104 valence electrons. The lowest BCUT2D eigenvalue weighted by Gasteiger charge is -1.95. The van der Waals surface area contributed by atoms with Crippen LogP contribution in [0.5, 0.6) is 0 Å². The molecule has 0 aliphatic carbocycles. The van der Waals surface area contributed by atoms with Crippen LogP contribution in [-0.2, 0) is 10.8 Å². The summed E-state index contributed by atoms with van der Waals surface area (Å²) in [5.41, 5.74) is 1.56. The Morgan fingerprint density at radius 2 is 2.10 bits per heavy atom. The molecular formula is C12H9FIN3OS2. The van der Waals surface area contributed by atoms with E-state index in [0.29, 0.717) is 15.1 Å². The number of imidazole rings is 1. The van der Waals surface area contributed by atoms with E-state index in [-0.39, 0.29) is 5.82 Å². The minimum Gasteiger partial charge on any atom is -0.252 e. The van der Waals surface area contributed by atoms with E-state index >= 15 is 0 Å². The number of fused-ring (bicyclic) bond motifs is 1. The van der Waals surface area contributed by atoms with E-state index in [0.717, 1.165) is 15.7 Å². The lowest BCUT2D eigenvalue weighted by molar-refractivity contribution is 0.628. The van der Waals surface area contributed by atoms with E-state index in [1.807, 2.05) is 0 Å². The Labute approximate surface area is 134 Å². The molecule has 0 bridgehead atoms. The van der Waals surface area contributed by atoms with E-state index in [1.165, 1.54) is 23.5 Å². The molecule has 0 saturated heterocycles. The van der Waals surface area contributed by atoms with Crippen LogP contribution in [-0.4, -0.2) is 29.0 Å². The summed E-state index contributed by atoms with van der Waals surface area (Å²) in [6.07, 6.45) is 1.77. The van der Waals surface area contributed by atoms with Gasteiger partial charge in [-0.25, -0.2) is 13.9 Å². The zero-order valence-corrected chi connectivity index (χ0v) is 13.9. The molecule has 3 rings (SSSR count). The second-order valence-electron chi connectivity index (χ2n) is 3.97. The zero-order chi connectivity index (χ0) is 14.1. The van der Waals surface area contributed by atoms with Crippen LogP contribution in [0.4, 0.5) is 4.39 Å². The molecule has 0 radical (unpaired) electrons. The molecule has 0 fully saturated rings. The van der Waals surface area contributed by atoms with Crippen molar-refractivity contribution >= 4 is 49.7 Å². The van der Waals surface area contributed by atoms with Gasteiger partial charge in [-0.2, -0.15) is 0 Å². The summed E-state index contributed by atoms with van der Waals surface area (Å²) in [4.78, 5) is 5.13. The average molecular weight is 421 g/mol. The van der Waals surface area contributed by atoms with Crippen LogP contribution < -0.4 is 0 Å². The highest BCUT2D eigenvalue weighted by molar-refractivity contribution is 14.1. The van der Waals surface area contributed by atoms with E-state index < -0.39 is 10.8 Å². The van der Waals surface area contributed by atoms with E-state index in [9.17, 15) is 8.60 Å². The molecular weight excluding hydrogens is 412 g/mol. The second-order valence-corrected chi connectivity index (χ2v) is 7.75. The maximum absolute atomic E-state index is 12.9. The Hall–Kier alpha value is -0.870. The molecule has 0 N–H and O–H groups in total. The molecule has 20 heavy (non-hydrogen) atoms. The summed E-state index contributed by atoms with van der Waals surface area (Å²) in [7, 11) is -1.06. The van der Waals surface area contributed by atoms with Crippen LogP contribution in [0.2, 0.25) is 0 Å². The van der Waals surface area contributed by atoms with Crippen LogP contribution in [0.1, 0.15) is 0 Å². The Balaban J connectivity index is 1.94. The summed E-state index contributed by atoms with van der Waals surface area (Å²) in [6.45, 7) is 0. The van der Waals surface area contributed by atoms with Crippen molar-refractivity contribution in [3.05, 3.63) is 36.3 Å². The number of aromatic nitrogens is 3. The van der Waals surface area contributed by atoms with Gasteiger partial charge in [0.25, 0.3) is 0 Å². The molecule has 3 aromatic rings. The molecule has 2 heterocycles. The predicted octanol–water partition coefficient (Wildman–Crippen LogP) is 3.14. The SMILES string of the molecule is O=S(CCI)c1nn2cc(-c3ccc(F)cc3)nc2s1. The molecule has 4 nitrogen and oxygen atoms in total. The molecule has 0 aliphatic rings. The largest absolute Gasteiger partial charge is 0.252 e. The Bertz CT molecular complexity index is 737. The van der Waals surface area contributed by atoms with Gasteiger partial charge in [-0.15, -0.1) is 5.10 Å². The van der Waals surface area contributed by atoms with Crippen molar-refractivity contribution in [2.75, 3.05) is 10.2 Å². The Kier molecular flexibility index (Phi) is 4.13. The summed E-state index contributed by atoms with van der Waals surface area (Å²) >= 11 is 3.52. The number of nitrogens with zero attached hydrogens (tertiary/aromatic N) is 3. The highest BCUT2D eigenvalue weighted by Crippen LogP contribution is 2.23. The van der Waals surface area contributed by atoms with Crippen LogP contribution in [0.3, 0.4) is 0 Å². The third-order valence-corrected chi connectivity index (χ3v) is 6.46. The fraction of sp³-hybridized carbons (Fsp3) is 0.167. The van der Waals surface area contributed by atoms with Crippen molar-refractivity contribution < 1.29 is 8.60 Å². The van der Waals surface area contributed by atoms with Crippen molar-refractivity contribution in [3.63, 3.8) is 0 Å². The first-order valence-corrected chi connectivity index (χ1v) is 9.40. The fourth-order valence-electron chi connectivity index (χ4n) is 1.69. The quantitative estimate of drug-likeness (QED) is 0.481. The van der Waals surface area contributed by atoms with Crippen LogP contribution >= 0.6 is 33.9 Å². The molecule has 1 unspecified atom stereocenters. The molecule has 1 atom stereocenters. The van der Waals surface area contributed by atoms with Crippen molar-refractivity contribution in [2.24, 2.45) is 0 Å². The van der Waals surface area contributed by atoms with E-state index in [4.69, 9.17) is 0 Å². The first-order chi connectivity index (χ1) is 9.67. The second kappa shape index (κ2) is 5.86. The third kappa shape index (κ3) is 2.77. The number of alkyl halides is 1. The average Bonchev–Trinajstić information content (AvgIpc) is 2.98. The highest BCUT2D eigenvalue weighted by Gasteiger charge is 2.13. The summed E-state index contributed by atoms with van der Waals surface area (Å²) in [5.74, 6) is 0.326. The maximum atomic E-state index is 12.9. The standard InChI is InChI=1S/C12H9FIN3OS2/c13-9-3-1-8(2-4-9)10-7-17-11(15-10)19-12(16-17)20(18)6-5-14/h1-4,7H,5-6H2. The molecule has 0 spiro atoms. The predicted molar refractivity (Wildman–Crippen MR) is 86.4 cm³/mol. The normalized spacial score (nSPS) is 12.9. The first-order valence-electron chi connectivity index (χ1n) is 5.74. The van der Waals surface area contributed by atoms with Gasteiger partial charge in [-0.3, -0.25) is 4.21 Å². The van der Waals surface area contributed by atoms with Gasteiger partial charge in [0.2, 0.25) is 9.30 Å². The number of hydrogen-bond donors (Lipinski definition) is 0. The van der Waals surface area contributed by atoms with Crippen molar-refractivity contribution in [2.45, 2.75) is 4.34 Å². The number of benzene rings is 1. The summed E-state index contributed by atoms with van der Waals surface area (Å²) < 4.78 is 27.8. The number of halogens is 2. The molecule has 8 heteroatoms. The molecule has 0 saturated carbocycles. The maximum Gasteiger partial charge on any atom is 0.213 e. The smallest absolute Gasteiger partial charge is 0.213 e. The number of hydrogen-bond acceptors (Lipinski definition) is 4. The molecule has 1 aromatic carbocycles. The molecule has 0 amide bonds. The lowest BCUT2D eigenvalue weighted by atomic mass is 10.2. The highest BCUT2D eigenvalue weighted by atomic mass is 127.